The Hall–Kier alpha value is -2.66. The third-order valence-corrected chi connectivity index (χ3v) is 5.22. The van der Waals surface area contributed by atoms with Crippen molar-refractivity contribution in [1.82, 2.24) is 14.9 Å². The van der Waals surface area contributed by atoms with Crippen LogP contribution in [0, 0.1) is 5.92 Å². The highest BCUT2D eigenvalue weighted by Crippen LogP contribution is 2.23. The number of hydrogen-bond donors (Lipinski definition) is 2. The molecule has 5 nitrogen and oxygen atoms in total. The van der Waals surface area contributed by atoms with Crippen molar-refractivity contribution >= 4 is 22.6 Å². The first-order valence-electron chi connectivity index (χ1n) is 9.31. The summed E-state index contributed by atoms with van der Waals surface area (Å²) >= 11 is 0. The molecule has 5 heteroatoms. The Kier molecular flexibility index (Phi) is 4.71. The van der Waals surface area contributed by atoms with E-state index in [1.54, 1.807) is 0 Å². The molecule has 3 aromatic rings. The lowest BCUT2D eigenvalue weighted by atomic mass is 9.96. The Morgan fingerprint density at radius 3 is 2.58 bits per heavy atom. The molecule has 134 valence electrons. The number of rotatable bonds is 4. The van der Waals surface area contributed by atoms with Crippen LogP contribution in [0.1, 0.15) is 19.8 Å². The van der Waals surface area contributed by atoms with Gasteiger partial charge in [0.25, 0.3) is 0 Å². The molecule has 1 fully saturated rings. The molecule has 0 radical (unpaired) electrons. The average Bonchev–Trinajstić information content (AvgIpc) is 3.13. The van der Waals surface area contributed by atoms with Crippen LogP contribution in [-0.2, 0) is 4.79 Å². The summed E-state index contributed by atoms with van der Waals surface area (Å²) in [4.78, 5) is 22.8. The number of nitrogens with zero attached hydrogens (tertiary/aromatic N) is 2. The van der Waals surface area contributed by atoms with Crippen molar-refractivity contribution < 1.29 is 4.79 Å². The molecule has 0 atom stereocenters. The van der Waals surface area contributed by atoms with Gasteiger partial charge in [0.05, 0.1) is 11.0 Å². The van der Waals surface area contributed by atoms with E-state index < -0.39 is 0 Å². The average molecular weight is 348 g/mol. The number of likely N-dealkylation sites (tertiary alicyclic amines) is 1. The molecule has 26 heavy (non-hydrogen) atoms. The van der Waals surface area contributed by atoms with Crippen molar-refractivity contribution in [2.45, 2.75) is 19.8 Å². The van der Waals surface area contributed by atoms with Crippen LogP contribution in [-0.4, -0.2) is 40.4 Å². The fraction of sp³-hybridized carbons (Fsp3) is 0.333. The van der Waals surface area contributed by atoms with Crippen LogP contribution in [0.25, 0.3) is 22.4 Å². The number of aromatic amines is 1. The molecule has 4 rings (SSSR count). The minimum absolute atomic E-state index is 0.118. The van der Waals surface area contributed by atoms with E-state index in [-0.39, 0.29) is 11.8 Å². The second-order valence-corrected chi connectivity index (χ2v) is 6.88. The zero-order valence-electron chi connectivity index (χ0n) is 15.0. The molecule has 2 aromatic carbocycles. The molecule has 0 bridgehead atoms. The van der Waals surface area contributed by atoms with Gasteiger partial charge in [-0.1, -0.05) is 19.1 Å². The van der Waals surface area contributed by atoms with Crippen LogP contribution < -0.4 is 5.32 Å². The summed E-state index contributed by atoms with van der Waals surface area (Å²) in [6.45, 7) is 5.26. The van der Waals surface area contributed by atoms with E-state index in [2.05, 4.69) is 27.1 Å². The number of aromatic nitrogens is 2. The third-order valence-electron chi connectivity index (χ3n) is 5.22. The predicted molar refractivity (Wildman–Crippen MR) is 105 cm³/mol. The number of imidazole rings is 1. The number of amides is 1. The summed E-state index contributed by atoms with van der Waals surface area (Å²) in [5.41, 5.74) is 3.83. The van der Waals surface area contributed by atoms with E-state index in [0.717, 1.165) is 60.6 Å². The van der Waals surface area contributed by atoms with Gasteiger partial charge in [0.2, 0.25) is 5.91 Å². The van der Waals surface area contributed by atoms with Gasteiger partial charge in [0.1, 0.15) is 5.82 Å². The third kappa shape index (κ3) is 3.48. The number of benzene rings is 2. The van der Waals surface area contributed by atoms with Gasteiger partial charge < -0.3 is 15.2 Å². The van der Waals surface area contributed by atoms with Gasteiger partial charge >= 0.3 is 0 Å². The van der Waals surface area contributed by atoms with E-state index >= 15 is 0 Å². The number of carbonyl (C=O) groups is 1. The van der Waals surface area contributed by atoms with Gasteiger partial charge in [0, 0.05) is 17.2 Å². The molecular formula is C21H24N4O. The van der Waals surface area contributed by atoms with Crippen molar-refractivity contribution in [3.8, 4) is 11.4 Å². The van der Waals surface area contributed by atoms with Crippen molar-refractivity contribution in [2.24, 2.45) is 5.92 Å². The smallest absolute Gasteiger partial charge is 0.227 e. The molecule has 0 unspecified atom stereocenters. The van der Waals surface area contributed by atoms with Crippen LogP contribution in [0.15, 0.2) is 48.5 Å². The highest BCUT2D eigenvalue weighted by molar-refractivity contribution is 5.92. The largest absolute Gasteiger partial charge is 0.338 e. The summed E-state index contributed by atoms with van der Waals surface area (Å²) in [5, 5.41) is 3.06. The number of H-pyrrole nitrogens is 1. The number of piperidine rings is 1. The van der Waals surface area contributed by atoms with E-state index in [4.69, 9.17) is 0 Å². The summed E-state index contributed by atoms with van der Waals surface area (Å²) in [6, 6.07) is 15.9. The van der Waals surface area contributed by atoms with Crippen molar-refractivity contribution in [3.63, 3.8) is 0 Å². The van der Waals surface area contributed by atoms with Crippen LogP contribution in [0.3, 0.4) is 0 Å². The Morgan fingerprint density at radius 1 is 1.15 bits per heavy atom. The van der Waals surface area contributed by atoms with Gasteiger partial charge in [-0.3, -0.25) is 4.79 Å². The maximum absolute atomic E-state index is 12.5. The molecule has 2 N–H and O–H groups in total. The Balaban J connectivity index is 1.42. The SMILES string of the molecule is CCN1CCC(C(=O)Nc2ccc(-c3nc4ccccc4[nH]3)cc2)CC1. The number of hydrogen-bond acceptors (Lipinski definition) is 3. The molecule has 0 aliphatic carbocycles. The van der Waals surface area contributed by atoms with Gasteiger partial charge in [-0.25, -0.2) is 4.98 Å². The lowest BCUT2D eigenvalue weighted by Crippen LogP contribution is -2.37. The number of carbonyl (C=O) groups excluding carboxylic acids is 1. The van der Waals surface area contributed by atoms with Gasteiger partial charge in [0.15, 0.2) is 0 Å². The van der Waals surface area contributed by atoms with E-state index in [1.165, 1.54) is 0 Å². The lowest BCUT2D eigenvalue weighted by molar-refractivity contribution is -0.121. The lowest BCUT2D eigenvalue weighted by Gasteiger charge is -2.30. The maximum atomic E-state index is 12.5. The van der Waals surface area contributed by atoms with Crippen LogP contribution in [0.4, 0.5) is 5.69 Å². The summed E-state index contributed by atoms with van der Waals surface area (Å²) in [5.74, 6) is 1.10. The van der Waals surface area contributed by atoms with E-state index in [9.17, 15) is 4.79 Å². The zero-order chi connectivity index (χ0) is 17.9. The highest BCUT2D eigenvalue weighted by atomic mass is 16.1. The van der Waals surface area contributed by atoms with E-state index in [0.29, 0.717) is 0 Å². The molecule has 1 aliphatic heterocycles. The maximum Gasteiger partial charge on any atom is 0.227 e. The monoisotopic (exact) mass is 348 g/mol. The standard InChI is InChI=1S/C21H24N4O/c1-2-25-13-11-16(12-14-25)21(26)22-17-9-7-15(8-10-17)20-23-18-5-3-4-6-19(18)24-20/h3-10,16H,2,11-14H2,1H3,(H,22,26)(H,23,24). The molecular weight excluding hydrogens is 324 g/mol. The van der Waals surface area contributed by atoms with Gasteiger partial charge in [-0.05, 0) is 68.9 Å². The van der Waals surface area contributed by atoms with E-state index in [1.807, 2.05) is 48.5 Å². The van der Waals surface area contributed by atoms with Crippen molar-refractivity contribution in [1.29, 1.82) is 0 Å². The zero-order valence-corrected chi connectivity index (χ0v) is 15.0. The number of para-hydroxylation sites is 2. The fourth-order valence-electron chi connectivity index (χ4n) is 3.56. The van der Waals surface area contributed by atoms with Gasteiger partial charge in [-0.15, -0.1) is 0 Å². The molecule has 2 heterocycles. The van der Waals surface area contributed by atoms with Crippen molar-refractivity contribution in [3.05, 3.63) is 48.5 Å². The van der Waals surface area contributed by atoms with Gasteiger partial charge in [-0.2, -0.15) is 0 Å². The first kappa shape index (κ1) is 16.8. The second kappa shape index (κ2) is 7.30. The minimum Gasteiger partial charge on any atom is -0.338 e. The first-order chi connectivity index (χ1) is 12.7. The molecule has 1 saturated heterocycles. The first-order valence-corrected chi connectivity index (χ1v) is 9.31. The minimum atomic E-state index is 0.118. The Bertz CT molecular complexity index is 859. The second-order valence-electron chi connectivity index (χ2n) is 6.88. The quantitative estimate of drug-likeness (QED) is 0.752. The fourth-order valence-corrected chi connectivity index (χ4v) is 3.56. The molecule has 1 amide bonds. The Labute approximate surface area is 153 Å². The number of nitrogens with one attached hydrogen (secondary N) is 2. The summed E-state index contributed by atoms with van der Waals surface area (Å²) < 4.78 is 0. The number of anilines is 1. The Morgan fingerprint density at radius 2 is 1.88 bits per heavy atom. The molecule has 1 aromatic heterocycles. The predicted octanol–water partition coefficient (Wildman–Crippen LogP) is 3.90. The van der Waals surface area contributed by atoms with Crippen LogP contribution in [0.2, 0.25) is 0 Å². The van der Waals surface area contributed by atoms with Crippen molar-refractivity contribution in [2.75, 3.05) is 25.0 Å². The molecule has 0 spiro atoms. The highest BCUT2D eigenvalue weighted by Gasteiger charge is 2.24. The summed E-state index contributed by atoms with van der Waals surface area (Å²) in [6.07, 6.45) is 1.88. The van der Waals surface area contributed by atoms with Crippen LogP contribution >= 0.6 is 0 Å². The molecule has 0 saturated carbocycles. The molecule has 1 aliphatic rings. The number of fused-ring (bicyclic) bond motifs is 1. The topological polar surface area (TPSA) is 61.0 Å². The van der Waals surface area contributed by atoms with Crippen LogP contribution in [0.5, 0.6) is 0 Å². The summed E-state index contributed by atoms with van der Waals surface area (Å²) in [7, 11) is 0. The normalized spacial score (nSPS) is 16.0.